The second-order valence-electron chi connectivity index (χ2n) is 5.65. The molecule has 3 aromatic rings. The highest BCUT2D eigenvalue weighted by atomic mass is 79.9. The van der Waals surface area contributed by atoms with Gasteiger partial charge in [-0.1, -0.05) is 51.3 Å². The van der Waals surface area contributed by atoms with Gasteiger partial charge < -0.3 is 10.1 Å². The number of hydrogen-bond donors (Lipinski definition) is 1. The number of halogens is 4. The second kappa shape index (κ2) is 8.76. The summed E-state index contributed by atoms with van der Waals surface area (Å²) < 4.78 is 20.2. The van der Waals surface area contributed by atoms with E-state index in [0.717, 1.165) is 27.0 Å². The lowest BCUT2D eigenvalue weighted by Crippen LogP contribution is -2.04. The highest BCUT2D eigenvalue weighted by Gasteiger charge is 2.07. The van der Waals surface area contributed by atoms with Crippen LogP contribution in [0.4, 0.5) is 10.1 Å². The minimum Gasteiger partial charge on any atom is -0.489 e. The smallest absolute Gasteiger partial charge is 0.141 e. The van der Waals surface area contributed by atoms with Crippen LogP contribution >= 0.6 is 39.1 Å². The topological polar surface area (TPSA) is 21.3 Å². The standard InChI is InChI=1S/C20H15BrCl2FNO/c21-15-4-7-20(26-12-13-2-1-3-16(22)8-13)14(9-15)11-25-17-5-6-19(24)18(23)10-17/h1-10,25H,11-12H2. The molecule has 0 aliphatic rings. The van der Waals surface area contributed by atoms with Gasteiger partial charge in [0.15, 0.2) is 0 Å². The zero-order valence-corrected chi connectivity index (χ0v) is 16.7. The Balaban J connectivity index is 1.71. The second-order valence-corrected chi connectivity index (χ2v) is 7.41. The van der Waals surface area contributed by atoms with E-state index in [1.807, 2.05) is 42.5 Å². The molecular formula is C20H15BrCl2FNO. The highest BCUT2D eigenvalue weighted by molar-refractivity contribution is 9.10. The Kier molecular flexibility index (Phi) is 6.41. The molecule has 0 atom stereocenters. The van der Waals surface area contributed by atoms with Crippen molar-refractivity contribution in [3.05, 3.63) is 92.1 Å². The molecule has 3 aromatic carbocycles. The van der Waals surface area contributed by atoms with Gasteiger partial charge in [-0.3, -0.25) is 0 Å². The molecule has 0 spiro atoms. The molecule has 134 valence electrons. The minimum atomic E-state index is -0.440. The third-order valence-corrected chi connectivity index (χ3v) is 4.73. The van der Waals surface area contributed by atoms with Gasteiger partial charge in [0, 0.05) is 27.3 Å². The Morgan fingerprint density at radius 1 is 1.00 bits per heavy atom. The molecule has 0 aromatic heterocycles. The average molecular weight is 455 g/mol. The van der Waals surface area contributed by atoms with Gasteiger partial charge in [-0.2, -0.15) is 0 Å². The fraction of sp³-hybridized carbons (Fsp3) is 0.100. The van der Waals surface area contributed by atoms with Crippen LogP contribution in [0.3, 0.4) is 0 Å². The number of hydrogen-bond acceptors (Lipinski definition) is 2. The van der Waals surface area contributed by atoms with Crippen molar-refractivity contribution in [1.29, 1.82) is 0 Å². The van der Waals surface area contributed by atoms with Gasteiger partial charge in [0.1, 0.15) is 18.2 Å². The van der Waals surface area contributed by atoms with Crippen molar-refractivity contribution in [3.8, 4) is 5.75 Å². The average Bonchev–Trinajstić information content (AvgIpc) is 2.62. The fourth-order valence-electron chi connectivity index (χ4n) is 2.42. The van der Waals surface area contributed by atoms with E-state index < -0.39 is 5.82 Å². The first-order chi connectivity index (χ1) is 12.5. The molecule has 0 heterocycles. The third kappa shape index (κ3) is 5.13. The van der Waals surface area contributed by atoms with Crippen LogP contribution in [0.2, 0.25) is 10.0 Å². The van der Waals surface area contributed by atoms with Crippen molar-refractivity contribution in [3.63, 3.8) is 0 Å². The van der Waals surface area contributed by atoms with E-state index in [9.17, 15) is 4.39 Å². The van der Waals surface area contributed by atoms with Crippen LogP contribution < -0.4 is 10.1 Å². The quantitative estimate of drug-likeness (QED) is 0.429. The molecule has 26 heavy (non-hydrogen) atoms. The van der Waals surface area contributed by atoms with Gasteiger partial charge in [0.2, 0.25) is 0 Å². The summed E-state index contributed by atoms with van der Waals surface area (Å²) in [6, 6.07) is 17.9. The van der Waals surface area contributed by atoms with Gasteiger partial charge in [-0.05, 0) is 54.1 Å². The van der Waals surface area contributed by atoms with Crippen LogP contribution in [0.1, 0.15) is 11.1 Å². The Morgan fingerprint density at radius 2 is 1.85 bits per heavy atom. The molecule has 2 nitrogen and oxygen atoms in total. The predicted octanol–water partition coefficient (Wildman–Crippen LogP) is 7.09. The van der Waals surface area contributed by atoms with E-state index in [4.69, 9.17) is 27.9 Å². The first-order valence-electron chi connectivity index (χ1n) is 7.86. The molecule has 0 saturated heterocycles. The summed E-state index contributed by atoms with van der Waals surface area (Å²) in [5, 5.41) is 3.99. The normalized spacial score (nSPS) is 10.6. The fourth-order valence-corrected chi connectivity index (χ4v) is 3.22. The Hall–Kier alpha value is -1.75. The Bertz CT molecular complexity index is 920. The number of ether oxygens (including phenoxy) is 1. The van der Waals surface area contributed by atoms with E-state index >= 15 is 0 Å². The molecular weight excluding hydrogens is 440 g/mol. The number of anilines is 1. The van der Waals surface area contributed by atoms with Gasteiger partial charge in [-0.25, -0.2) is 4.39 Å². The van der Waals surface area contributed by atoms with Crippen LogP contribution in [0.25, 0.3) is 0 Å². The summed E-state index contributed by atoms with van der Waals surface area (Å²) in [6.07, 6.45) is 0. The molecule has 0 saturated carbocycles. The molecule has 3 rings (SSSR count). The van der Waals surface area contributed by atoms with Gasteiger partial charge in [-0.15, -0.1) is 0 Å². The van der Waals surface area contributed by atoms with Crippen LogP contribution in [0.5, 0.6) is 5.75 Å². The van der Waals surface area contributed by atoms with E-state index in [0.29, 0.717) is 18.2 Å². The molecule has 6 heteroatoms. The lowest BCUT2D eigenvalue weighted by molar-refractivity contribution is 0.303. The molecule has 0 amide bonds. The highest BCUT2D eigenvalue weighted by Crippen LogP contribution is 2.26. The van der Waals surface area contributed by atoms with Crippen molar-refractivity contribution in [1.82, 2.24) is 0 Å². The molecule has 0 fully saturated rings. The summed E-state index contributed by atoms with van der Waals surface area (Å²) in [5.74, 6) is 0.319. The predicted molar refractivity (Wildman–Crippen MR) is 109 cm³/mol. The van der Waals surface area contributed by atoms with Crippen molar-refractivity contribution < 1.29 is 9.13 Å². The lowest BCUT2D eigenvalue weighted by Gasteiger charge is -2.14. The maximum absolute atomic E-state index is 13.3. The summed E-state index contributed by atoms with van der Waals surface area (Å²) in [7, 11) is 0. The first-order valence-corrected chi connectivity index (χ1v) is 9.41. The van der Waals surface area contributed by atoms with Gasteiger partial charge >= 0.3 is 0 Å². The molecule has 1 N–H and O–H groups in total. The van der Waals surface area contributed by atoms with Gasteiger partial charge in [0.25, 0.3) is 0 Å². The zero-order valence-electron chi connectivity index (χ0n) is 13.6. The molecule has 0 radical (unpaired) electrons. The van der Waals surface area contributed by atoms with Crippen molar-refractivity contribution in [2.24, 2.45) is 0 Å². The Morgan fingerprint density at radius 3 is 2.62 bits per heavy atom. The van der Waals surface area contributed by atoms with Crippen LogP contribution in [-0.2, 0) is 13.2 Å². The number of rotatable bonds is 6. The monoisotopic (exact) mass is 453 g/mol. The molecule has 0 unspecified atom stereocenters. The first kappa shape index (κ1) is 19.0. The number of benzene rings is 3. The molecule has 0 aliphatic carbocycles. The lowest BCUT2D eigenvalue weighted by atomic mass is 10.2. The molecule has 0 aliphatic heterocycles. The maximum Gasteiger partial charge on any atom is 0.141 e. The van der Waals surface area contributed by atoms with Crippen molar-refractivity contribution >= 4 is 44.8 Å². The Labute approximate surface area is 170 Å². The van der Waals surface area contributed by atoms with E-state index in [1.54, 1.807) is 12.1 Å². The summed E-state index contributed by atoms with van der Waals surface area (Å²) in [6.45, 7) is 0.920. The summed E-state index contributed by atoms with van der Waals surface area (Å²) >= 11 is 15.3. The maximum atomic E-state index is 13.3. The minimum absolute atomic E-state index is 0.0849. The van der Waals surface area contributed by atoms with E-state index in [2.05, 4.69) is 21.2 Å². The van der Waals surface area contributed by atoms with Crippen LogP contribution in [0.15, 0.2) is 65.1 Å². The zero-order chi connectivity index (χ0) is 18.5. The molecule has 0 bridgehead atoms. The number of nitrogens with one attached hydrogen (secondary N) is 1. The largest absolute Gasteiger partial charge is 0.489 e. The van der Waals surface area contributed by atoms with E-state index in [1.165, 1.54) is 6.07 Å². The summed E-state index contributed by atoms with van der Waals surface area (Å²) in [5.41, 5.74) is 2.68. The van der Waals surface area contributed by atoms with Crippen molar-refractivity contribution in [2.45, 2.75) is 13.2 Å². The van der Waals surface area contributed by atoms with Gasteiger partial charge in [0.05, 0.1) is 5.02 Å². The van der Waals surface area contributed by atoms with Crippen LogP contribution in [0, 0.1) is 5.82 Å². The van der Waals surface area contributed by atoms with E-state index in [-0.39, 0.29) is 5.02 Å². The third-order valence-electron chi connectivity index (χ3n) is 3.71. The SMILES string of the molecule is Fc1ccc(NCc2cc(Br)ccc2OCc2cccc(Cl)c2)cc1Cl. The summed E-state index contributed by atoms with van der Waals surface area (Å²) in [4.78, 5) is 0. The van der Waals surface area contributed by atoms with Crippen molar-refractivity contribution in [2.75, 3.05) is 5.32 Å². The van der Waals surface area contributed by atoms with Crippen LogP contribution in [-0.4, -0.2) is 0 Å².